The third kappa shape index (κ3) is 3.52. The molecule has 0 aliphatic heterocycles. The van der Waals surface area contributed by atoms with Gasteiger partial charge in [-0.3, -0.25) is 10.1 Å². The maximum absolute atomic E-state index is 11.0. The van der Waals surface area contributed by atoms with Crippen LogP contribution in [-0.2, 0) is 0 Å². The van der Waals surface area contributed by atoms with Gasteiger partial charge in [0.05, 0.1) is 12.0 Å². The zero-order chi connectivity index (χ0) is 15.4. The molecule has 0 spiro atoms. The van der Waals surface area contributed by atoms with Gasteiger partial charge in [-0.1, -0.05) is 34.1 Å². The van der Waals surface area contributed by atoms with Crippen molar-refractivity contribution in [3.05, 3.63) is 62.6 Å². The van der Waals surface area contributed by atoms with Crippen LogP contribution in [0, 0.1) is 10.1 Å². The minimum atomic E-state index is -0.451. The van der Waals surface area contributed by atoms with E-state index in [0.717, 1.165) is 10.0 Å². The Bertz CT molecular complexity index is 661. The Morgan fingerprint density at radius 2 is 2.00 bits per heavy atom. The lowest BCUT2D eigenvalue weighted by atomic mass is 10.1. The van der Waals surface area contributed by atoms with E-state index in [1.807, 2.05) is 31.2 Å². The molecule has 5 nitrogen and oxygen atoms in total. The fraction of sp³-hybridized carbons (Fsp3) is 0.200. The Morgan fingerprint density at radius 1 is 1.29 bits per heavy atom. The first kappa shape index (κ1) is 15.3. The number of nitrogens with one attached hydrogen (secondary N) is 1. The van der Waals surface area contributed by atoms with Crippen molar-refractivity contribution in [1.29, 1.82) is 0 Å². The summed E-state index contributed by atoms with van der Waals surface area (Å²) in [5.41, 5.74) is 1.70. The average molecular weight is 351 g/mol. The highest BCUT2D eigenvalue weighted by Crippen LogP contribution is 2.32. The first-order valence-electron chi connectivity index (χ1n) is 6.36. The normalized spacial score (nSPS) is 11.8. The molecule has 0 aliphatic rings. The lowest BCUT2D eigenvalue weighted by Gasteiger charge is -2.17. The van der Waals surface area contributed by atoms with Crippen molar-refractivity contribution in [2.45, 2.75) is 13.0 Å². The van der Waals surface area contributed by atoms with E-state index < -0.39 is 4.92 Å². The predicted molar refractivity (Wildman–Crippen MR) is 85.8 cm³/mol. The molecule has 1 atom stereocenters. The molecule has 2 rings (SSSR count). The molecule has 0 bridgehead atoms. The molecule has 2 aromatic rings. The van der Waals surface area contributed by atoms with Crippen LogP contribution in [0.15, 0.2) is 46.9 Å². The first-order valence-corrected chi connectivity index (χ1v) is 7.15. The van der Waals surface area contributed by atoms with Crippen molar-refractivity contribution in [3.63, 3.8) is 0 Å². The summed E-state index contributed by atoms with van der Waals surface area (Å²) < 4.78 is 5.99. The number of hydrogen-bond acceptors (Lipinski definition) is 4. The molecule has 0 fully saturated rings. The molecule has 1 N–H and O–H groups in total. The summed E-state index contributed by atoms with van der Waals surface area (Å²) in [6.07, 6.45) is 0. The van der Waals surface area contributed by atoms with Gasteiger partial charge in [0, 0.05) is 22.3 Å². The van der Waals surface area contributed by atoms with Gasteiger partial charge < -0.3 is 10.1 Å². The summed E-state index contributed by atoms with van der Waals surface area (Å²) in [5, 5.41) is 14.3. The topological polar surface area (TPSA) is 64.4 Å². The Kier molecular flexibility index (Phi) is 4.80. The van der Waals surface area contributed by atoms with Crippen LogP contribution in [0.3, 0.4) is 0 Å². The summed E-state index contributed by atoms with van der Waals surface area (Å²) in [4.78, 5) is 10.6. The molecule has 6 heteroatoms. The van der Waals surface area contributed by atoms with E-state index in [1.54, 1.807) is 12.1 Å². The van der Waals surface area contributed by atoms with Gasteiger partial charge in [-0.15, -0.1) is 0 Å². The fourth-order valence-electron chi connectivity index (χ4n) is 2.08. The molecule has 0 saturated carbocycles. The molecular weight excluding hydrogens is 336 g/mol. The van der Waals surface area contributed by atoms with Crippen molar-refractivity contribution in [1.82, 2.24) is 0 Å². The van der Waals surface area contributed by atoms with Crippen LogP contribution >= 0.6 is 15.9 Å². The molecule has 0 saturated heterocycles. The second kappa shape index (κ2) is 6.58. The number of ether oxygens (including phenoxy) is 1. The highest BCUT2D eigenvalue weighted by atomic mass is 79.9. The molecule has 0 heterocycles. The third-order valence-electron chi connectivity index (χ3n) is 3.13. The van der Waals surface area contributed by atoms with Crippen LogP contribution in [0.25, 0.3) is 0 Å². The summed E-state index contributed by atoms with van der Waals surface area (Å²) in [6.45, 7) is 2.00. The Labute approximate surface area is 131 Å². The van der Waals surface area contributed by atoms with Crippen LogP contribution in [0.4, 0.5) is 11.4 Å². The Hall–Kier alpha value is -2.08. The predicted octanol–water partition coefficient (Wildman–Crippen LogP) is 4.54. The minimum Gasteiger partial charge on any atom is -0.490 e. The summed E-state index contributed by atoms with van der Waals surface area (Å²) in [6, 6.07) is 12.7. The van der Waals surface area contributed by atoms with E-state index >= 15 is 0 Å². The highest BCUT2D eigenvalue weighted by molar-refractivity contribution is 9.10. The van der Waals surface area contributed by atoms with Gasteiger partial charge in [0.2, 0.25) is 0 Å². The lowest BCUT2D eigenvalue weighted by Crippen LogP contribution is -2.07. The lowest BCUT2D eigenvalue weighted by molar-refractivity contribution is -0.385. The maximum Gasteiger partial charge on any atom is 0.312 e. The van der Waals surface area contributed by atoms with E-state index in [4.69, 9.17) is 4.74 Å². The van der Waals surface area contributed by atoms with Crippen molar-refractivity contribution >= 4 is 27.3 Å². The number of anilines is 1. The summed E-state index contributed by atoms with van der Waals surface area (Å²) in [5.74, 6) is 0.249. The Morgan fingerprint density at radius 3 is 2.62 bits per heavy atom. The fourth-order valence-corrected chi connectivity index (χ4v) is 2.70. The van der Waals surface area contributed by atoms with Gasteiger partial charge in [0.25, 0.3) is 0 Å². The van der Waals surface area contributed by atoms with Crippen molar-refractivity contribution in [2.24, 2.45) is 0 Å². The molecule has 0 aromatic heterocycles. The van der Waals surface area contributed by atoms with E-state index in [1.165, 1.54) is 13.2 Å². The Balaban J connectivity index is 2.26. The number of halogens is 1. The minimum absolute atomic E-state index is 0.00794. The number of nitrogens with zero attached hydrogens (tertiary/aromatic N) is 1. The molecule has 21 heavy (non-hydrogen) atoms. The molecule has 0 aliphatic carbocycles. The molecule has 0 radical (unpaired) electrons. The highest BCUT2D eigenvalue weighted by Gasteiger charge is 2.16. The van der Waals surface area contributed by atoms with Crippen molar-refractivity contribution in [2.75, 3.05) is 12.4 Å². The number of rotatable bonds is 5. The van der Waals surface area contributed by atoms with E-state index in [-0.39, 0.29) is 17.5 Å². The van der Waals surface area contributed by atoms with Gasteiger partial charge >= 0.3 is 5.69 Å². The number of methoxy groups -OCH3 is 1. The summed E-state index contributed by atoms with van der Waals surface area (Å²) in [7, 11) is 1.42. The van der Waals surface area contributed by atoms with Crippen molar-refractivity contribution < 1.29 is 9.66 Å². The van der Waals surface area contributed by atoms with Gasteiger partial charge in [-0.2, -0.15) is 0 Å². The summed E-state index contributed by atoms with van der Waals surface area (Å²) >= 11 is 3.50. The van der Waals surface area contributed by atoms with Crippen LogP contribution < -0.4 is 10.1 Å². The molecular formula is C15H15BrN2O3. The van der Waals surface area contributed by atoms with Gasteiger partial charge in [0.15, 0.2) is 5.75 Å². The number of benzene rings is 2. The molecule has 0 amide bonds. The first-order chi connectivity index (χ1) is 10.0. The second-order valence-electron chi connectivity index (χ2n) is 4.53. The monoisotopic (exact) mass is 350 g/mol. The maximum atomic E-state index is 11.0. The largest absolute Gasteiger partial charge is 0.490 e. The third-order valence-corrected chi connectivity index (χ3v) is 3.85. The van der Waals surface area contributed by atoms with Crippen LogP contribution in [-0.4, -0.2) is 12.0 Å². The van der Waals surface area contributed by atoms with E-state index in [2.05, 4.69) is 21.2 Å². The SMILES string of the molecule is COc1ccc(NC(C)c2ccccc2Br)cc1[N+](=O)[O-]. The second-order valence-corrected chi connectivity index (χ2v) is 5.39. The van der Waals surface area contributed by atoms with Crippen LogP contribution in [0.5, 0.6) is 5.75 Å². The zero-order valence-corrected chi connectivity index (χ0v) is 13.3. The van der Waals surface area contributed by atoms with Crippen LogP contribution in [0.1, 0.15) is 18.5 Å². The smallest absolute Gasteiger partial charge is 0.312 e. The number of hydrogen-bond donors (Lipinski definition) is 1. The molecule has 1 unspecified atom stereocenters. The molecule has 110 valence electrons. The quantitative estimate of drug-likeness (QED) is 0.635. The van der Waals surface area contributed by atoms with E-state index in [0.29, 0.717) is 5.69 Å². The van der Waals surface area contributed by atoms with Gasteiger partial charge in [-0.05, 0) is 30.7 Å². The zero-order valence-electron chi connectivity index (χ0n) is 11.7. The average Bonchev–Trinajstić information content (AvgIpc) is 2.47. The standard InChI is InChI=1S/C15H15BrN2O3/c1-10(12-5-3-4-6-13(12)16)17-11-7-8-15(21-2)14(9-11)18(19)20/h3-10,17H,1-2H3. The van der Waals surface area contributed by atoms with Gasteiger partial charge in [-0.25, -0.2) is 0 Å². The number of nitro groups is 1. The molecule has 2 aromatic carbocycles. The van der Waals surface area contributed by atoms with E-state index in [9.17, 15) is 10.1 Å². The van der Waals surface area contributed by atoms with Crippen LogP contribution in [0.2, 0.25) is 0 Å². The van der Waals surface area contributed by atoms with Crippen molar-refractivity contribution in [3.8, 4) is 5.75 Å². The number of nitro benzene ring substituents is 1. The van der Waals surface area contributed by atoms with Gasteiger partial charge in [0.1, 0.15) is 0 Å².